The summed E-state index contributed by atoms with van der Waals surface area (Å²) in [6.07, 6.45) is 0. The number of halogens is 2. The SMILES string of the molecule is CCNC(c1ccc(OC)cc1C)c1cc(Br)ccc1Cl. The van der Waals surface area contributed by atoms with Gasteiger partial charge in [-0.15, -0.1) is 0 Å². The predicted molar refractivity (Wildman–Crippen MR) is 92.4 cm³/mol. The molecule has 0 spiro atoms. The minimum Gasteiger partial charge on any atom is -0.497 e. The molecule has 0 saturated heterocycles. The van der Waals surface area contributed by atoms with Crippen LogP contribution in [0.5, 0.6) is 5.75 Å². The van der Waals surface area contributed by atoms with Gasteiger partial charge in [-0.2, -0.15) is 0 Å². The lowest BCUT2D eigenvalue weighted by Crippen LogP contribution is -2.23. The molecule has 2 aromatic rings. The van der Waals surface area contributed by atoms with Crippen LogP contribution < -0.4 is 10.1 Å². The molecule has 2 rings (SSSR count). The molecule has 2 aromatic carbocycles. The second-order valence-electron chi connectivity index (χ2n) is 4.88. The molecule has 0 aliphatic rings. The van der Waals surface area contributed by atoms with E-state index in [4.69, 9.17) is 16.3 Å². The molecular weight excluding hydrogens is 350 g/mol. The Hall–Kier alpha value is -1.03. The van der Waals surface area contributed by atoms with E-state index in [-0.39, 0.29) is 6.04 Å². The molecule has 4 heteroatoms. The summed E-state index contributed by atoms with van der Waals surface area (Å²) in [7, 11) is 1.68. The zero-order chi connectivity index (χ0) is 15.4. The minimum atomic E-state index is 0.0610. The van der Waals surface area contributed by atoms with E-state index in [0.717, 1.165) is 27.4 Å². The Balaban J connectivity index is 2.50. The highest BCUT2D eigenvalue weighted by molar-refractivity contribution is 9.10. The van der Waals surface area contributed by atoms with Gasteiger partial charge in [0.2, 0.25) is 0 Å². The predicted octanol–water partition coefficient (Wildman–Crippen LogP) is 5.12. The second-order valence-corrected chi connectivity index (χ2v) is 6.20. The molecule has 0 aliphatic carbocycles. The molecule has 1 unspecified atom stereocenters. The fraction of sp³-hybridized carbons (Fsp3) is 0.294. The number of ether oxygens (including phenoxy) is 1. The van der Waals surface area contributed by atoms with Crippen molar-refractivity contribution >= 4 is 27.5 Å². The standard InChI is InChI=1S/C17H19BrClNO/c1-4-20-17(15-10-12(18)5-8-16(15)19)14-7-6-13(21-3)9-11(14)2/h5-10,17,20H,4H2,1-3H3. The molecule has 0 heterocycles. The lowest BCUT2D eigenvalue weighted by atomic mass is 9.94. The van der Waals surface area contributed by atoms with Crippen molar-refractivity contribution in [2.45, 2.75) is 19.9 Å². The Morgan fingerprint density at radius 3 is 2.57 bits per heavy atom. The Morgan fingerprint density at radius 2 is 1.95 bits per heavy atom. The van der Waals surface area contributed by atoms with Crippen LogP contribution in [0.4, 0.5) is 0 Å². The van der Waals surface area contributed by atoms with Crippen LogP contribution >= 0.6 is 27.5 Å². The monoisotopic (exact) mass is 367 g/mol. The Kier molecular flexibility index (Phi) is 5.68. The molecule has 112 valence electrons. The Bertz CT molecular complexity index is 630. The third-order valence-corrected chi connectivity index (χ3v) is 4.30. The van der Waals surface area contributed by atoms with Gasteiger partial charge in [-0.3, -0.25) is 0 Å². The van der Waals surface area contributed by atoms with Crippen LogP contribution in [-0.4, -0.2) is 13.7 Å². The fourth-order valence-corrected chi connectivity index (χ4v) is 3.03. The van der Waals surface area contributed by atoms with Gasteiger partial charge in [0.05, 0.1) is 13.2 Å². The summed E-state index contributed by atoms with van der Waals surface area (Å²) in [5.74, 6) is 0.867. The first-order chi connectivity index (χ1) is 10.1. The van der Waals surface area contributed by atoms with Gasteiger partial charge in [-0.05, 0) is 60.5 Å². The summed E-state index contributed by atoms with van der Waals surface area (Å²) in [5.41, 5.74) is 3.45. The third-order valence-electron chi connectivity index (χ3n) is 3.47. The number of nitrogens with one attached hydrogen (secondary N) is 1. The molecule has 0 bridgehead atoms. The maximum Gasteiger partial charge on any atom is 0.119 e. The molecule has 1 atom stereocenters. The van der Waals surface area contributed by atoms with Gasteiger partial charge in [0.25, 0.3) is 0 Å². The van der Waals surface area contributed by atoms with Gasteiger partial charge in [0.15, 0.2) is 0 Å². The third kappa shape index (κ3) is 3.79. The van der Waals surface area contributed by atoms with Crippen molar-refractivity contribution in [3.8, 4) is 5.75 Å². The van der Waals surface area contributed by atoms with E-state index in [2.05, 4.69) is 47.2 Å². The number of methoxy groups -OCH3 is 1. The maximum absolute atomic E-state index is 6.40. The maximum atomic E-state index is 6.40. The molecule has 0 aliphatic heterocycles. The topological polar surface area (TPSA) is 21.3 Å². The molecule has 2 nitrogen and oxygen atoms in total. The summed E-state index contributed by atoms with van der Waals surface area (Å²) < 4.78 is 6.31. The van der Waals surface area contributed by atoms with E-state index >= 15 is 0 Å². The van der Waals surface area contributed by atoms with E-state index < -0.39 is 0 Å². The summed E-state index contributed by atoms with van der Waals surface area (Å²) >= 11 is 9.93. The number of aryl methyl sites for hydroxylation is 1. The Labute approximate surface area is 139 Å². The fourth-order valence-electron chi connectivity index (χ4n) is 2.43. The molecule has 0 fully saturated rings. The van der Waals surface area contributed by atoms with Crippen LogP contribution in [0.2, 0.25) is 5.02 Å². The van der Waals surface area contributed by atoms with Crippen LogP contribution in [0.3, 0.4) is 0 Å². The average Bonchev–Trinajstić information content (AvgIpc) is 2.48. The van der Waals surface area contributed by atoms with Crippen LogP contribution in [0.1, 0.15) is 29.7 Å². The molecule has 0 amide bonds. The molecule has 0 saturated carbocycles. The number of hydrogen-bond acceptors (Lipinski definition) is 2. The van der Waals surface area contributed by atoms with Gasteiger partial charge < -0.3 is 10.1 Å². The first-order valence-corrected chi connectivity index (χ1v) is 8.06. The van der Waals surface area contributed by atoms with E-state index in [1.165, 1.54) is 11.1 Å². The molecule has 1 N–H and O–H groups in total. The number of benzene rings is 2. The van der Waals surface area contributed by atoms with E-state index in [0.29, 0.717) is 0 Å². The van der Waals surface area contributed by atoms with Gasteiger partial charge in [-0.25, -0.2) is 0 Å². The highest BCUT2D eigenvalue weighted by Crippen LogP contribution is 2.33. The summed E-state index contributed by atoms with van der Waals surface area (Å²) in [6.45, 7) is 5.05. The van der Waals surface area contributed by atoms with Crippen molar-refractivity contribution in [3.63, 3.8) is 0 Å². The van der Waals surface area contributed by atoms with Crippen molar-refractivity contribution in [1.82, 2.24) is 5.32 Å². The highest BCUT2D eigenvalue weighted by Gasteiger charge is 2.18. The van der Waals surface area contributed by atoms with Crippen LogP contribution in [0, 0.1) is 6.92 Å². The lowest BCUT2D eigenvalue weighted by Gasteiger charge is -2.22. The molecule has 0 aromatic heterocycles. The van der Waals surface area contributed by atoms with E-state index in [9.17, 15) is 0 Å². The summed E-state index contributed by atoms with van der Waals surface area (Å²) in [4.78, 5) is 0. The van der Waals surface area contributed by atoms with E-state index in [1.807, 2.05) is 24.3 Å². The normalized spacial score (nSPS) is 12.2. The van der Waals surface area contributed by atoms with Crippen LogP contribution in [-0.2, 0) is 0 Å². The lowest BCUT2D eigenvalue weighted by molar-refractivity contribution is 0.414. The van der Waals surface area contributed by atoms with Crippen molar-refractivity contribution in [3.05, 3.63) is 62.6 Å². The van der Waals surface area contributed by atoms with Crippen molar-refractivity contribution in [1.29, 1.82) is 0 Å². The van der Waals surface area contributed by atoms with E-state index in [1.54, 1.807) is 7.11 Å². The smallest absolute Gasteiger partial charge is 0.119 e. The zero-order valence-corrected chi connectivity index (χ0v) is 14.8. The molecular formula is C17H19BrClNO. The van der Waals surface area contributed by atoms with Crippen LogP contribution in [0.25, 0.3) is 0 Å². The van der Waals surface area contributed by atoms with Gasteiger partial charge in [0, 0.05) is 9.50 Å². The Morgan fingerprint density at radius 1 is 1.19 bits per heavy atom. The summed E-state index contributed by atoms with van der Waals surface area (Å²) in [6, 6.07) is 12.1. The van der Waals surface area contributed by atoms with Gasteiger partial charge >= 0.3 is 0 Å². The highest BCUT2D eigenvalue weighted by atomic mass is 79.9. The quantitative estimate of drug-likeness (QED) is 0.791. The first kappa shape index (κ1) is 16.3. The first-order valence-electron chi connectivity index (χ1n) is 6.89. The largest absolute Gasteiger partial charge is 0.497 e. The van der Waals surface area contributed by atoms with Gasteiger partial charge in [-0.1, -0.05) is 40.5 Å². The second kappa shape index (κ2) is 7.30. The van der Waals surface area contributed by atoms with Crippen molar-refractivity contribution in [2.24, 2.45) is 0 Å². The molecule has 21 heavy (non-hydrogen) atoms. The number of hydrogen-bond donors (Lipinski definition) is 1. The molecule has 0 radical (unpaired) electrons. The van der Waals surface area contributed by atoms with Crippen molar-refractivity contribution in [2.75, 3.05) is 13.7 Å². The summed E-state index contributed by atoms with van der Waals surface area (Å²) in [5, 5.41) is 4.28. The van der Waals surface area contributed by atoms with Gasteiger partial charge in [0.1, 0.15) is 5.75 Å². The average molecular weight is 369 g/mol. The van der Waals surface area contributed by atoms with Crippen molar-refractivity contribution < 1.29 is 4.74 Å². The van der Waals surface area contributed by atoms with Crippen LogP contribution in [0.15, 0.2) is 40.9 Å². The number of rotatable bonds is 5. The minimum absolute atomic E-state index is 0.0610. The zero-order valence-electron chi connectivity index (χ0n) is 12.4.